The van der Waals surface area contributed by atoms with Crippen molar-refractivity contribution < 1.29 is 9.59 Å². The minimum Gasteiger partial charge on any atom is -0.343 e. The van der Waals surface area contributed by atoms with Crippen LogP contribution < -0.4 is 10.2 Å². The summed E-state index contributed by atoms with van der Waals surface area (Å²) in [5, 5.41) is 3.52. The van der Waals surface area contributed by atoms with Crippen molar-refractivity contribution in [3.63, 3.8) is 0 Å². The van der Waals surface area contributed by atoms with Crippen LogP contribution in [0.5, 0.6) is 0 Å². The second-order valence-corrected chi connectivity index (χ2v) is 7.35. The molecule has 2 aliphatic heterocycles. The number of nitrogens with zero attached hydrogens (tertiary/aromatic N) is 2. The molecule has 5 nitrogen and oxygen atoms in total. The lowest BCUT2D eigenvalue weighted by molar-refractivity contribution is -0.130. The highest BCUT2D eigenvalue weighted by Gasteiger charge is 2.36. The molecule has 0 spiro atoms. The molecule has 0 bridgehead atoms. The van der Waals surface area contributed by atoms with Crippen LogP contribution in [0.15, 0.2) is 24.3 Å². The number of rotatable bonds is 3. The van der Waals surface area contributed by atoms with E-state index in [-0.39, 0.29) is 17.9 Å². The summed E-state index contributed by atoms with van der Waals surface area (Å²) in [6, 6.07) is 6.73. The quantitative estimate of drug-likeness (QED) is 0.911. The number of anilines is 1. The van der Waals surface area contributed by atoms with Crippen molar-refractivity contribution in [1.29, 1.82) is 0 Å². The first kappa shape index (κ1) is 17.2. The first-order valence-electron chi connectivity index (χ1n) is 8.54. The van der Waals surface area contributed by atoms with Crippen molar-refractivity contribution in [3.05, 3.63) is 29.3 Å². The number of benzene rings is 1. The summed E-state index contributed by atoms with van der Waals surface area (Å²) in [6.45, 7) is 3.70. The van der Waals surface area contributed by atoms with Gasteiger partial charge in [-0.1, -0.05) is 30.7 Å². The summed E-state index contributed by atoms with van der Waals surface area (Å²) in [7, 11) is 1.96. The minimum absolute atomic E-state index is 0.0405. The summed E-state index contributed by atoms with van der Waals surface area (Å²) < 4.78 is 0. The maximum Gasteiger partial charge on any atom is 0.249 e. The van der Waals surface area contributed by atoms with Gasteiger partial charge in [0.05, 0.1) is 16.8 Å². The summed E-state index contributed by atoms with van der Waals surface area (Å²) in [4.78, 5) is 29.1. The van der Waals surface area contributed by atoms with Crippen LogP contribution in [0.4, 0.5) is 5.69 Å². The fourth-order valence-electron chi connectivity index (χ4n) is 3.75. The lowest BCUT2D eigenvalue weighted by Gasteiger charge is -2.34. The molecular formula is C18H24ClN3O2. The molecule has 1 N–H and O–H groups in total. The summed E-state index contributed by atoms with van der Waals surface area (Å²) in [6.07, 6.45) is 2.37. The van der Waals surface area contributed by atoms with Crippen LogP contribution in [0.2, 0.25) is 5.02 Å². The SMILES string of the molecule is C[C@H]1C[C@H](C(=O)NC2CCCN(c3ccccc3Cl)C2=O)N(C)C1. The van der Waals surface area contributed by atoms with E-state index in [4.69, 9.17) is 11.6 Å². The molecule has 3 rings (SSSR count). The van der Waals surface area contributed by atoms with E-state index in [1.807, 2.05) is 25.2 Å². The molecule has 6 heteroatoms. The number of halogens is 1. The lowest BCUT2D eigenvalue weighted by Crippen LogP contribution is -2.55. The number of hydrogen-bond acceptors (Lipinski definition) is 3. The summed E-state index contributed by atoms with van der Waals surface area (Å²) in [5.74, 6) is 0.394. The third-order valence-corrected chi connectivity index (χ3v) is 5.28. The Morgan fingerprint density at radius 1 is 1.33 bits per heavy atom. The molecular weight excluding hydrogens is 326 g/mol. The van der Waals surface area contributed by atoms with Gasteiger partial charge in [0.1, 0.15) is 6.04 Å². The van der Waals surface area contributed by atoms with E-state index in [9.17, 15) is 9.59 Å². The Bertz CT molecular complexity index is 636. The standard InChI is InChI=1S/C18H24ClN3O2/c1-12-10-16(21(2)11-12)17(23)20-14-7-5-9-22(18(14)24)15-8-4-3-6-13(15)19/h3-4,6,8,12,14,16H,5,7,9-11H2,1-2H3,(H,20,23)/t12-,14?,16+/m0/s1. The molecule has 2 saturated heterocycles. The van der Waals surface area contributed by atoms with Gasteiger partial charge in [0, 0.05) is 13.1 Å². The molecule has 130 valence electrons. The van der Waals surface area contributed by atoms with Gasteiger partial charge in [-0.15, -0.1) is 0 Å². The number of carbonyl (C=O) groups excluding carboxylic acids is 2. The maximum atomic E-state index is 12.8. The van der Waals surface area contributed by atoms with E-state index in [2.05, 4.69) is 17.1 Å². The van der Waals surface area contributed by atoms with Crippen LogP contribution in [-0.4, -0.2) is 48.9 Å². The predicted octanol–water partition coefficient (Wildman–Crippen LogP) is 2.29. The monoisotopic (exact) mass is 349 g/mol. The Balaban J connectivity index is 1.69. The zero-order valence-corrected chi connectivity index (χ0v) is 14.9. The molecule has 0 aliphatic carbocycles. The van der Waals surface area contributed by atoms with Gasteiger partial charge >= 0.3 is 0 Å². The zero-order valence-electron chi connectivity index (χ0n) is 14.2. The Morgan fingerprint density at radius 2 is 2.08 bits per heavy atom. The first-order chi connectivity index (χ1) is 11.5. The number of para-hydroxylation sites is 1. The van der Waals surface area contributed by atoms with Gasteiger partial charge in [-0.05, 0) is 44.4 Å². The third kappa shape index (κ3) is 3.42. The molecule has 2 amide bonds. The van der Waals surface area contributed by atoms with E-state index in [0.717, 1.165) is 25.1 Å². The van der Waals surface area contributed by atoms with Gasteiger partial charge in [0.25, 0.3) is 0 Å². The molecule has 24 heavy (non-hydrogen) atoms. The molecule has 2 fully saturated rings. The van der Waals surface area contributed by atoms with Crippen LogP contribution in [0.1, 0.15) is 26.2 Å². The summed E-state index contributed by atoms with van der Waals surface area (Å²) in [5.41, 5.74) is 0.717. The van der Waals surface area contributed by atoms with Gasteiger partial charge in [-0.2, -0.15) is 0 Å². The van der Waals surface area contributed by atoms with E-state index in [0.29, 0.717) is 23.9 Å². The number of carbonyl (C=O) groups is 2. The van der Waals surface area contributed by atoms with Gasteiger partial charge in [-0.25, -0.2) is 0 Å². The van der Waals surface area contributed by atoms with E-state index < -0.39 is 6.04 Å². The molecule has 1 unspecified atom stereocenters. The second kappa shape index (κ2) is 7.11. The Labute approximate surface area is 147 Å². The number of likely N-dealkylation sites (tertiary alicyclic amines) is 1. The Morgan fingerprint density at radius 3 is 2.75 bits per heavy atom. The van der Waals surface area contributed by atoms with Gasteiger partial charge in [0.15, 0.2) is 0 Å². The molecule has 2 heterocycles. The number of likely N-dealkylation sites (N-methyl/N-ethyl adjacent to an activating group) is 1. The van der Waals surface area contributed by atoms with Crippen molar-refractivity contribution in [1.82, 2.24) is 10.2 Å². The van der Waals surface area contributed by atoms with Crippen molar-refractivity contribution in [3.8, 4) is 0 Å². The number of nitrogens with one attached hydrogen (secondary N) is 1. The molecule has 0 aromatic heterocycles. The van der Waals surface area contributed by atoms with Crippen molar-refractivity contribution in [2.75, 3.05) is 25.0 Å². The van der Waals surface area contributed by atoms with Crippen LogP contribution in [0.3, 0.4) is 0 Å². The van der Waals surface area contributed by atoms with Gasteiger partial charge < -0.3 is 10.2 Å². The predicted molar refractivity (Wildman–Crippen MR) is 95.2 cm³/mol. The fourth-order valence-corrected chi connectivity index (χ4v) is 3.99. The zero-order chi connectivity index (χ0) is 17.3. The highest BCUT2D eigenvalue weighted by molar-refractivity contribution is 6.33. The third-order valence-electron chi connectivity index (χ3n) is 4.96. The molecule has 0 saturated carbocycles. The summed E-state index contributed by atoms with van der Waals surface area (Å²) >= 11 is 6.23. The maximum absolute atomic E-state index is 12.8. The van der Waals surface area contributed by atoms with Crippen LogP contribution in [0, 0.1) is 5.92 Å². The molecule has 3 atom stereocenters. The topological polar surface area (TPSA) is 52.7 Å². The van der Waals surface area contributed by atoms with E-state index >= 15 is 0 Å². The molecule has 0 radical (unpaired) electrons. The average molecular weight is 350 g/mol. The Hall–Kier alpha value is -1.59. The fraction of sp³-hybridized carbons (Fsp3) is 0.556. The van der Waals surface area contributed by atoms with Crippen molar-refractivity contribution in [2.45, 2.75) is 38.3 Å². The Kier molecular flexibility index (Phi) is 5.11. The van der Waals surface area contributed by atoms with Crippen LogP contribution >= 0.6 is 11.6 Å². The van der Waals surface area contributed by atoms with E-state index in [1.165, 1.54) is 0 Å². The highest BCUT2D eigenvalue weighted by Crippen LogP contribution is 2.29. The highest BCUT2D eigenvalue weighted by atomic mass is 35.5. The minimum atomic E-state index is -0.466. The van der Waals surface area contributed by atoms with Crippen molar-refractivity contribution in [2.24, 2.45) is 5.92 Å². The van der Waals surface area contributed by atoms with Crippen molar-refractivity contribution >= 4 is 29.1 Å². The van der Waals surface area contributed by atoms with E-state index in [1.54, 1.807) is 11.0 Å². The smallest absolute Gasteiger partial charge is 0.249 e. The van der Waals surface area contributed by atoms with Crippen LogP contribution in [0.25, 0.3) is 0 Å². The lowest BCUT2D eigenvalue weighted by atomic mass is 10.0. The normalized spacial score (nSPS) is 28.2. The first-order valence-corrected chi connectivity index (χ1v) is 8.91. The van der Waals surface area contributed by atoms with Gasteiger partial charge in [0.2, 0.25) is 11.8 Å². The second-order valence-electron chi connectivity index (χ2n) is 6.94. The molecule has 1 aromatic carbocycles. The number of piperidine rings is 1. The van der Waals surface area contributed by atoms with Gasteiger partial charge in [-0.3, -0.25) is 14.5 Å². The number of hydrogen-bond donors (Lipinski definition) is 1. The molecule has 2 aliphatic rings. The number of amides is 2. The average Bonchev–Trinajstić information content (AvgIpc) is 2.89. The molecule has 1 aromatic rings. The largest absolute Gasteiger partial charge is 0.343 e. The van der Waals surface area contributed by atoms with Crippen LogP contribution in [-0.2, 0) is 9.59 Å².